The first-order valence-corrected chi connectivity index (χ1v) is 18.2. The highest BCUT2D eigenvalue weighted by atomic mass is 16.5. The van der Waals surface area contributed by atoms with Gasteiger partial charge in [-0.25, -0.2) is 0 Å². The van der Waals surface area contributed by atoms with Gasteiger partial charge in [0.25, 0.3) is 0 Å². The van der Waals surface area contributed by atoms with Crippen molar-refractivity contribution in [2.75, 3.05) is 12.4 Å². The number of ether oxygens (including phenoxy) is 1. The second-order valence-corrected chi connectivity index (χ2v) is 12.9. The van der Waals surface area contributed by atoms with Crippen molar-refractivity contribution >= 4 is 35.2 Å². The maximum Gasteiger partial charge on any atom is 0.179 e. The topological polar surface area (TPSA) is 72.0 Å². The lowest BCUT2D eigenvalue weighted by atomic mass is 9.96. The highest BCUT2D eigenvalue weighted by Crippen LogP contribution is 2.39. The molecule has 5 heteroatoms. The Bertz CT molecular complexity index is 2470. The second kappa shape index (κ2) is 17.5. The van der Waals surface area contributed by atoms with Crippen LogP contribution in [0, 0.1) is 0 Å². The minimum absolute atomic E-state index is 0.625. The summed E-state index contributed by atoms with van der Waals surface area (Å²) < 4.78 is 6.28. The molecule has 1 heterocycles. The van der Waals surface area contributed by atoms with Crippen LogP contribution in [-0.2, 0) is 6.42 Å². The number of anilines is 2. The molecule has 0 saturated heterocycles. The van der Waals surface area contributed by atoms with Gasteiger partial charge in [0.1, 0.15) is 17.2 Å². The maximum absolute atomic E-state index is 6.28. The summed E-state index contributed by atoms with van der Waals surface area (Å²) in [6.07, 6.45) is 2.94. The summed E-state index contributed by atoms with van der Waals surface area (Å²) >= 11 is 0. The molecule has 7 aromatic rings. The van der Waals surface area contributed by atoms with Gasteiger partial charge in [0, 0.05) is 40.8 Å². The summed E-state index contributed by atoms with van der Waals surface area (Å²) in [5, 5.41) is 3.56. The van der Waals surface area contributed by atoms with Gasteiger partial charge in [0.15, 0.2) is 5.76 Å². The van der Waals surface area contributed by atoms with Crippen molar-refractivity contribution in [3.8, 4) is 28.0 Å². The Balaban J connectivity index is 0.000000243. The van der Waals surface area contributed by atoms with Gasteiger partial charge in [0.05, 0.1) is 0 Å². The molecule has 8 rings (SSSR count). The van der Waals surface area contributed by atoms with Crippen molar-refractivity contribution in [3.63, 3.8) is 0 Å². The maximum atomic E-state index is 6.28. The Morgan fingerprint density at radius 2 is 1.22 bits per heavy atom. The van der Waals surface area contributed by atoms with E-state index in [1.54, 1.807) is 7.05 Å². The fourth-order valence-corrected chi connectivity index (χ4v) is 6.51. The van der Waals surface area contributed by atoms with Crippen molar-refractivity contribution in [2.45, 2.75) is 6.42 Å². The van der Waals surface area contributed by atoms with Crippen LogP contribution in [0.4, 0.5) is 11.4 Å². The van der Waals surface area contributed by atoms with E-state index in [-0.39, 0.29) is 0 Å². The van der Waals surface area contributed by atoms with Crippen LogP contribution in [0.15, 0.2) is 210 Å². The molecule has 0 aliphatic carbocycles. The monoisotopic (exact) mass is 714 g/mol. The predicted molar refractivity (Wildman–Crippen MR) is 232 cm³/mol. The van der Waals surface area contributed by atoms with Gasteiger partial charge in [0.2, 0.25) is 0 Å². The van der Waals surface area contributed by atoms with E-state index in [2.05, 4.69) is 113 Å². The van der Waals surface area contributed by atoms with Crippen LogP contribution in [0.5, 0.6) is 5.75 Å². The van der Waals surface area contributed by atoms with Crippen LogP contribution >= 0.6 is 0 Å². The highest BCUT2D eigenvalue weighted by molar-refractivity contribution is 6.19. The van der Waals surface area contributed by atoms with Crippen LogP contribution in [0.2, 0.25) is 0 Å². The number of hydrogen-bond donors (Lipinski definition) is 2. The van der Waals surface area contributed by atoms with Crippen molar-refractivity contribution < 1.29 is 4.74 Å². The van der Waals surface area contributed by atoms with Gasteiger partial charge in [-0.05, 0) is 77.4 Å². The van der Waals surface area contributed by atoms with Crippen LogP contribution in [0.25, 0.3) is 33.6 Å². The molecular weight excluding hydrogens is 673 g/mol. The molecule has 1 aliphatic rings. The van der Waals surface area contributed by atoms with Crippen molar-refractivity contribution in [2.24, 2.45) is 15.7 Å². The van der Waals surface area contributed by atoms with Gasteiger partial charge in [-0.2, -0.15) is 0 Å². The fraction of sp³-hybridized carbons (Fsp3) is 0.0400. The summed E-state index contributed by atoms with van der Waals surface area (Å²) in [5.74, 6) is 1.39. The van der Waals surface area contributed by atoms with E-state index in [9.17, 15) is 0 Å². The van der Waals surface area contributed by atoms with Gasteiger partial charge in [-0.3, -0.25) is 9.98 Å². The number of nitrogens with one attached hydrogen (secondary N) is 1. The number of fused-ring (bicyclic) bond motifs is 1. The van der Waals surface area contributed by atoms with Crippen LogP contribution in [0.3, 0.4) is 0 Å². The SMILES string of the molecule is C=N/C(=C1/Oc2ccc(-c3cccc(-c4ccccc4Nc4ccccc4)c3)cc2C1=NC)c1ccccc1.N/C(=C\Cc1ccccc1)c1ccccc1. The Labute approximate surface area is 323 Å². The van der Waals surface area contributed by atoms with E-state index in [1.165, 1.54) is 5.56 Å². The number of aliphatic imine (C=N–C) groups is 2. The molecule has 0 radical (unpaired) electrons. The standard InChI is InChI=1S/C35H27N3O.C15H15N/c1-36-33(24-12-5-3-6-13-24)35-34(37-2)30-23-26(20-21-32(30)39-35)25-14-11-15-27(22-25)29-18-9-10-19-31(29)38-28-16-7-4-8-17-28;16-15(14-9-5-2-6-10-14)12-11-13-7-3-1-4-8-13/h3-23,38H,1H2,2H3;1-10,12H,11,16H2/b35-33+,37-34?;15-12-. The minimum atomic E-state index is 0.625. The lowest BCUT2D eigenvalue weighted by Gasteiger charge is -2.13. The van der Waals surface area contributed by atoms with E-state index >= 15 is 0 Å². The largest absolute Gasteiger partial charge is 0.452 e. The molecule has 268 valence electrons. The van der Waals surface area contributed by atoms with E-state index in [4.69, 9.17) is 10.5 Å². The molecule has 5 nitrogen and oxygen atoms in total. The third kappa shape index (κ3) is 8.70. The first-order chi connectivity index (χ1) is 27.1. The second-order valence-electron chi connectivity index (χ2n) is 12.9. The van der Waals surface area contributed by atoms with E-state index in [0.717, 1.165) is 73.9 Å². The first kappa shape index (κ1) is 36.1. The Kier molecular flexibility index (Phi) is 11.5. The summed E-state index contributed by atoms with van der Waals surface area (Å²) in [7, 11) is 1.78. The van der Waals surface area contributed by atoms with E-state index in [1.807, 2.05) is 103 Å². The van der Waals surface area contributed by atoms with E-state index < -0.39 is 0 Å². The average Bonchev–Trinajstić information content (AvgIpc) is 3.62. The summed E-state index contributed by atoms with van der Waals surface area (Å²) in [6.45, 7) is 3.80. The van der Waals surface area contributed by atoms with Gasteiger partial charge in [-0.15, -0.1) is 0 Å². The average molecular weight is 715 g/mol. The molecule has 0 atom stereocenters. The summed E-state index contributed by atoms with van der Waals surface area (Å²) in [6, 6.07) is 63.7. The third-order valence-corrected chi connectivity index (χ3v) is 9.30. The fourth-order valence-electron chi connectivity index (χ4n) is 6.51. The lowest BCUT2D eigenvalue weighted by molar-refractivity contribution is 0.470. The normalized spacial score (nSPS) is 13.5. The molecule has 0 unspecified atom stereocenters. The minimum Gasteiger partial charge on any atom is -0.452 e. The number of hydrogen-bond acceptors (Lipinski definition) is 5. The third-order valence-electron chi connectivity index (χ3n) is 9.30. The van der Waals surface area contributed by atoms with Crippen LogP contribution in [0.1, 0.15) is 22.3 Å². The summed E-state index contributed by atoms with van der Waals surface area (Å²) in [4.78, 5) is 8.90. The van der Waals surface area contributed by atoms with Gasteiger partial charge in [-0.1, -0.05) is 158 Å². The molecule has 55 heavy (non-hydrogen) atoms. The smallest absolute Gasteiger partial charge is 0.179 e. The molecule has 3 N–H and O–H groups in total. The molecule has 0 fully saturated rings. The number of nitrogens with zero attached hydrogens (tertiary/aromatic N) is 2. The Morgan fingerprint density at radius 3 is 1.91 bits per heavy atom. The molecule has 0 aromatic heterocycles. The van der Waals surface area contributed by atoms with Gasteiger partial charge < -0.3 is 15.8 Å². The molecular formula is C50H42N4O. The van der Waals surface area contributed by atoms with Crippen LogP contribution in [-0.4, -0.2) is 19.5 Å². The number of allylic oxidation sites excluding steroid dienone is 2. The molecule has 0 amide bonds. The molecule has 0 spiro atoms. The zero-order valence-electron chi connectivity index (χ0n) is 30.8. The van der Waals surface area contributed by atoms with Crippen molar-refractivity contribution in [3.05, 3.63) is 222 Å². The highest BCUT2D eigenvalue weighted by Gasteiger charge is 2.29. The molecule has 7 aromatic carbocycles. The van der Waals surface area contributed by atoms with Crippen molar-refractivity contribution in [1.82, 2.24) is 0 Å². The molecule has 0 bridgehead atoms. The number of para-hydroxylation sites is 2. The zero-order chi connectivity index (χ0) is 37.8. The first-order valence-electron chi connectivity index (χ1n) is 18.2. The summed E-state index contributed by atoms with van der Waals surface area (Å²) in [5.41, 5.74) is 19.1. The van der Waals surface area contributed by atoms with Crippen LogP contribution < -0.4 is 15.8 Å². The Hall–Kier alpha value is -7.24. The number of benzene rings is 7. The molecule has 1 aliphatic heterocycles. The lowest BCUT2D eigenvalue weighted by Crippen LogP contribution is -2.04. The van der Waals surface area contributed by atoms with Crippen molar-refractivity contribution in [1.29, 1.82) is 0 Å². The quantitative estimate of drug-likeness (QED) is 0.146. The Morgan fingerprint density at radius 1 is 0.618 bits per heavy atom. The van der Waals surface area contributed by atoms with Gasteiger partial charge >= 0.3 is 0 Å². The number of rotatable bonds is 9. The zero-order valence-corrected chi connectivity index (χ0v) is 30.8. The molecule has 0 saturated carbocycles. The van der Waals surface area contributed by atoms with E-state index in [0.29, 0.717) is 11.5 Å². The number of nitrogens with two attached hydrogens (primary N) is 1. The predicted octanol–water partition coefficient (Wildman–Crippen LogP) is 11.9.